The van der Waals surface area contributed by atoms with Crippen LogP contribution in [0.25, 0.3) is 0 Å². The number of aliphatic hydroxyl groups is 1. The molecule has 1 amide bonds. The molecular weight excluding hydrogens is 300 g/mol. The van der Waals surface area contributed by atoms with E-state index < -0.39 is 23.6 Å². The Morgan fingerprint density at radius 3 is 2.30 bits per heavy atom. The fourth-order valence-corrected chi connectivity index (χ4v) is 2.39. The largest absolute Gasteiger partial charge is 0.388 e. The number of rotatable bonds is 6. The van der Waals surface area contributed by atoms with E-state index in [0.717, 1.165) is 17.7 Å². The van der Waals surface area contributed by atoms with Crippen LogP contribution < -0.4 is 5.32 Å². The molecule has 2 rings (SSSR count). The normalized spacial score (nSPS) is 13.4. The van der Waals surface area contributed by atoms with Gasteiger partial charge in [0.15, 0.2) is 0 Å². The Morgan fingerprint density at radius 1 is 1.09 bits per heavy atom. The summed E-state index contributed by atoms with van der Waals surface area (Å²) in [6.07, 6.45) is -0.767. The van der Waals surface area contributed by atoms with E-state index >= 15 is 0 Å². The molecule has 0 aromatic heterocycles. The van der Waals surface area contributed by atoms with E-state index in [1.54, 1.807) is 19.1 Å². The average molecular weight is 319 g/mol. The lowest BCUT2D eigenvalue weighted by molar-refractivity contribution is -0.121. The van der Waals surface area contributed by atoms with E-state index in [9.17, 15) is 18.7 Å². The van der Waals surface area contributed by atoms with Crippen molar-refractivity contribution >= 4 is 5.91 Å². The fraction of sp³-hybridized carbons (Fsp3) is 0.278. The highest BCUT2D eigenvalue weighted by Gasteiger charge is 2.17. The number of benzene rings is 2. The molecule has 0 unspecified atom stereocenters. The maximum absolute atomic E-state index is 13.5. The quantitative estimate of drug-likeness (QED) is 0.859. The van der Waals surface area contributed by atoms with Crippen molar-refractivity contribution in [1.29, 1.82) is 0 Å². The van der Waals surface area contributed by atoms with Gasteiger partial charge in [0, 0.05) is 11.6 Å². The summed E-state index contributed by atoms with van der Waals surface area (Å²) in [6.45, 7) is 1.74. The molecule has 2 atom stereocenters. The third kappa shape index (κ3) is 4.86. The molecule has 2 aromatic rings. The van der Waals surface area contributed by atoms with Gasteiger partial charge in [-0.3, -0.25) is 4.79 Å². The van der Waals surface area contributed by atoms with Gasteiger partial charge in [-0.25, -0.2) is 8.78 Å². The first kappa shape index (κ1) is 17.1. The summed E-state index contributed by atoms with van der Waals surface area (Å²) in [5.41, 5.74) is 0.509. The number of hydrogen-bond acceptors (Lipinski definition) is 2. The minimum atomic E-state index is -0.739. The van der Waals surface area contributed by atoms with Crippen LogP contribution in [0.4, 0.5) is 8.78 Å². The second-order valence-corrected chi connectivity index (χ2v) is 5.51. The summed E-state index contributed by atoms with van der Waals surface area (Å²) in [5.74, 6) is -1.96. The number of carbonyl (C=O) groups excluding carboxylic acids is 1. The number of amides is 1. The van der Waals surface area contributed by atoms with E-state index in [1.807, 2.05) is 18.2 Å². The van der Waals surface area contributed by atoms with Crippen molar-refractivity contribution in [1.82, 2.24) is 5.32 Å². The lowest BCUT2D eigenvalue weighted by Crippen LogP contribution is -2.35. The Labute approximate surface area is 134 Å². The standard InChI is InChI=1S/C18H19F2NO2/c1-12(10-17(22)13-6-3-2-4-7-13)21-18(23)11-14-15(19)8-5-9-16(14)20/h2-9,12,17,22H,10-11H2,1H3,(H,21,23)/t12-,17+/m1/s1. The van der Waals surface area contributed by atoms with Gasteiger partial charge >= 0.3 is 0 Å². The summed E-state index contributed by atoms with van der Waals surface area (Å²) in [5, 5.41) is 12.8. The van der Waals surface area contributed by atoms with Crippen LogP contribution in [0, 0.1) is 11.6 Å². The van der Waals surface area contributed by atoms with Crippen molar-refractivity contribution in [3.8, 4) is 0 Å². The van der Waals surface area contributed by atoms with E-state index in [0.29, 0.717) is 6.42 Å². The van der Waals surface area contributed by atoms with E-state index in [-0.39, 0.29) is 18.0 Å². The van der Waals surface area contributed by atoms with Crippen molar-refractivity contribution in [2.24, 2.45) is 0 Å². The second-order valence-electron chi connectivity index (χ2n) is 5.51. The van der Waals surface area contributed by atoms with Crippen molar-refractivity contribution in [2.75, 3.05) is 0 Å². The van der Waals surface area contributed by atoms with Gasteiger partial charge in [0.2, 0.25) is 5.91 Å². The molecule has 0 heterocycles. The van der Waals surface area contributed by atoms with Crippen LogP contribution in [0.1, 0.15) is 30.6 Å². The molecular formula is C18H19F2NO2. The van der Waals surface area contributed by atoms with Crippen molar-refractivity contribution in [2.45, 2.75) is 31.9 Å². The van der Waals surface area contributed by atoms with Crippen LogP contribution >= 0.6 is 0 Å². The Balaban J connectivity index is 1.90. The summed E-state index contributed by atoms with van der Waals surface area (Å²) in [7, 11) is 0. The molecule has 0 spiro atoms. The fourth-order valence-electron chi connectivity index (χ4n) is 2.39. The van der Waals surface area contributed by atoms with Crippen molar-refractivity contribution in [3.63, 3.8) is 0 Å². The molecule has 122 valence electrons. The molecule has 0 bridgehead atoms. The van der Waals surface area contributed by atoms with Gasteiger partial charge in [-0.15, -0.1) is 0 Å². The van der Waals surface area contributed by atoms with E-state index in [1.165, 1.54) is 6.07 Å². The number of hydrogen-bond donors (Lipinski definition) is 2. The topological polar surface area (TPSA) is 49.3 Å². The van der Waals surface area contributed by atoms with Gasteiger partial charge in [0.25, 0.3) is 0 Å². The molecule has 5 heteroatoms. The average Bonchev–Trinajstić information content (AvgIpc) is 2.51. The highest BCUT2D eigenvalue weighted by atomic mass is 19.1. The molecule has 0 aliphatic heterocycles. The lowest BCUT2D eigenvalue weighted by atomic mass is 10.0. The zero-order chi connectivity index (χ0) is 16.8. The zero-order valence-corrected chi connectivity index (χ0v) is 12.8. The molecule has 0 saturated heterocycles. The van der Waals surface area contributed by atoms with E-state index in [2.05, 4.69) is 5.32 Å². The molecule has 0 radical (unpaired) electrons. The Bertz CT molecular complexity index is 641. The number of nitrogens with one attached hydrogen (secondary N) is 1. The number of carbonyl (C=O) groups is 1. The van der Waals surface area contributed by atoms with Crippen LogP contribution in [-0.4, -0.2) is 17.1 Å². The third-order valence-corrected chi connectivity index (χ3v) is 3.57. The third-order valence-electron chi connectivity index (χ3n) is 3.57. The highest BCUT2D eigenvalue weighted by molar-refractivity contribution is 5.78. The Morgan fingerprint density at radius 2 is 1.70 bits per heavy atom. The van der Waals surface area contributed by atoms with Crippen LogP contribution in [0.2, 0.25) is 0 Å². The van der Waals surface area contributed by atoms with Gasteiger partial charge < -0.3 is 10.4 Å². The smallest absolute Gasteiger partial charge is 0.224 e. The van der Waals surface area contributed by atoms with Gasteiger partial charge in [-0.2, -0.15) is 0 Å². The van der Waals surface area contributed by atoms with Gasteiger partial charge in [-0.1, -0.05) is 36.4 Å². The lowest BCUT2D eigenvalue weighted by Gasteiger charge is -2.18. The molecule has 3 nitrogen and oxygen atoms in total. The zero-order valence-electron chi connectivity index (χ0n) is 12.8. The minimum Gasteiger partial charge on any atom is -0.388 e. The molecule has 0 fully saturated rings. The Hall–Kier alpha value is -2.27. The maximum atomic E-state index is 13.5. The SMILES string of the molecule is C[C@H](C[C@H](O)c1ccccc1)NC(=O)Cc1c(F)cccc1F. The molecule has 0 aliphatic carbocycles. The first-order valence-electron chi connectivity index (χ1n) is 7.42. The van der Waals surface area contributed by atoms with Gasteiger partial charge in [0.05, 0.1) is 12.5 Å². The van der Waals surface area contributed by atoms with Crippen LogP contribution in [0.15, 0.2) is 48.5 Å². The molecule has 0 saturated carbocycles. The number of aliphatic hydroxyl groups excluding tert-OH is 1. The second kappa shape index (κ2) is 7.83. The van der Waals surface area contributed by atoms with Crippen molar-refractivity contribution in [3.05, 3.63) is 71.3 Å². The van der Waals surface area contributed by atoms with Crippen LogP contribution in [0.3, 0.4) is 0 Å². The minimum absolute atomic E-state index is 0.249. The molecule has 2 N–H and O–H groups in total. The predicted molar refractivity (Wildman–Crippen MR) is 83.7 cm³/mol. The first-order chi connectivity index (χ1) is 11.0. The molecule has 2 aromatic carbocycles. The molecule has 0 aliphatic rings. The first-order valence-corrected chi connectivity index (χ1v) is 7.42. The Kier molecular flexibility index (Phi) is 5.82. The predicted octanol–water partition coefficient (Wildman–Crippen LogP) is 3.14. The van der Waals surface area contributed by atoms with E-state index in [4.69, 9.17) is 0 Å². The monoisotopic (exact) mass is 319 g/mol. The van der Waals surface area contributed by atoms with Gasteiger partial charge in [-0.05, 0) is 31.0 Å². The summed E-state index contributed by atoms with van der Waals surface area (Å²) >= 11 is 0. The van der Waals surface area contributed by atoms with Gasteiger partial charge in [0.1, 0.15) is 11.6 Å². The highest BCUT2D eigenvalue weighted by Crippen LogP contribution is 2.18. The summed E-state index contributed by atoms with van der Waals surface area (Å²) < 4.78 is 27.0. The molecule has 23 heavy (non-hydrogen) atoms. The van der Waals surface area contributed by atoms with Crippen LogP contribution in [0.5, 0.6) is 0 Å². The van der Waals surface area contributed by atoms with Crippen molar-refractivity contribution < 1.29 is 18.7 Å². The maximum Gasteiger partial charge on any atom is 0.224 e. The summed E-state index contributed by atoms with van der Waals surface area (Å²) in [6, 6.07) is 12.3. The van der Waals surface area contributed by atoms with Crippen LogP contribution in [-0.2, 0) is 11.2 Å². The number of halogens is 2. The summed E-state index contributed by atoms with van der Waals surface area (Å²) in [4.78, 5) is 11.9.